The van der Waals surface area contributed by atoms with E-state index < -0.39 is 5.97 Å². The van der Waals surface area contributed by atoms with E-state index in [9.17, 15) is 9.59 Å². The van der Waals surface area contributed by atoms with E-state index in [2.05, 4.69) is 9.73 Å². The molecular formula is C10H9NO3. The van der Waals surface area contributed by atoms with Crippen molar-refractivity contribution < 1.29 is 14.3 Å². The summed E-state index contributed by atoms with van der Waals surface area (Å²) in [5, 5.41) is 0. The molecule has 0 amide bonds. The van der Waals surface area contributed by atoms with Crippen LogP contribution >= 0.6 is 0 Å². The number of rotatable bonds is 2. The Kier molecular flexibility index (Phi) is 3.15. The highest BCUT2D eigenvalue weighted by Crippen LogP contribution is 2.16. The monoisotopic (exact) mass is 191 g/mol. The van der Waals surface area contributed by atoms with Gasteiger partial charge in [0.15, 0.2) is 0 Å². The van der Waals surface area contributed by atoms with Crippen LogP contribution in [0.5, 0.6) is 0 Å². The summed E-state index contributed by atoms with van der Waals surface area (Å²) in [6.07, 6.45) is 4.24. The molecule has 1 aliphatic rings. The first-order valence-electron chi connectivity index (χ1n) is 3.96. The molecule has 4 nitrogen and oxygen atoms in total. The minimum Gasteiger partial charge on any atom is -0.465 e. The third kappa shape index (κ3) is 2.06. The second kappa shape index (κ2) is 4.35. The number of methoxy groups -OCH3 is 1. The minimum atomic E-state index is -0.426. The molecule has 0 bridgehead atoms. The van der Waals surface area contributed by atoms with Crippen LogP contribution in [0, 0.1) is 0 Å². The molecule has 1 aliphatic heterocycles. The van der Waals surface area contributed by atoms with Crippen molar-refractivity contribution in [2.24, 2.45) is 4.99 Å². The summed E-state index contributed by atoms with van der Waals surface area (Å²) in [4.78, 5) is 25.1. The molecule has 0 aromatic rings. The van der Waals surface area contributed by atoms with Crippen LogP contribution in [0.25, 0.3) is 0 Å². The van der Waals surface area contributed by atoms with Crippen LogP contribution < -0.4 is 0 Å². The Morgan fingerprint density at radius 1 is 1.64 bits per heavy atom. The van der Waals surface area contributed by atoms with Crippen LogP contribution in [0.1, 0.15) is 6.92 Å². The number of carbonyl (C=O) groups excluding carboxylic acids is 2. The zero-order chi connectivity index (χ0) is 10.6. The summed E-state index contributed by atoms with van der Waals surface area (Å²) < 4.78 is 4.55. The van der Waals surface area contributed by atoms with Gasteiger partial charge < -0.3 is 4.74 Å². The molecule has 0 fully saturated rings. The Balaban J connectivity index is 2.98. The summed E-state index contributed by atoms with van der Waals surface area (Å²) in [6, 6.07) is 0. The van der Waals surface area contributed by atoms with Crippen molar-refractivity contribution in [3.05, 3.63) is 29.5 Å². The number of esters is 1. The van der Waals surface area contributed by atoms with Crippen molar-refractivity contribution in [3.8, 4) is 0 Å². The van der Waals surface area contributed by atoms with E-state index in [0.717, 1.165) is 0 Å². The zero-order valence-electron chi connectivity index (χ0n) is 7.90. The summed E-state index contributed by atoms with van der Waals surface area (Å²) >= 11 is 0. The highest BCUT2D eigenvalue weighted by atomic mass is 16.5. The summed E-state index contributed by atoms with van der Waals surface area (Å²) in [5.74, 6) is 1.18. The Bertz CT molecular complexity index is 396. The Morgan fingerprint density at radius 3 is 2.93 bits per heavy atom. The van der Waals surface area contributed by atoms with Crippen LogP contribution in [-0.2, 0) is 14.3 Å². The topological polar surface area (TPSA) is 55.7 Å². The molecule has 0 aliphatic carbocycles. The number of hydrogen-bond acceptors (Lipinski definition) is 4. The smallest absolute Gasteiger partial charge is 0.339 e. The summed E-state index contributed by atoms with van der Waals surface area (Å²) in [7, 11) is 1.31. The average Bonchev–Trinajstić information content (AvgIpc) is 2.55. The Hall–Kier alpha value is -1.93. The Labute approximate surface area is 81.3 Å². The first-order chi connectivity index (χ1) is 6.69. The lowest BCUT2D eigenvalue weighted by Gasteiger charge is -1.97. The summed E-state index contributed by atoms with van der Waals surface area (Å²) in [5.41, 5.74) is 1.55. The van der Waals surface area contributed by atoms with Crippen molar-refractivity contribution in [3.63, 3.8) is 0 Å². The SMILES string of the molecule is COC(=O)C1=C/C(=C/C=C=O)N=C1C. The number of nitrogens with zero attached hydrogens (tertiary/aromatic N) is 1. The first-order valence-corrected chi connectivity index (χ1v) is 3.96. The molecule has 0 saturated heterocycles. The lowest BCUT2D eigenvalue weighted by atomic mass is 10.2. The maximum Gasteiger partial charge on any atom is 0.339 e. The van der Waals surface area contributed by atoms with Gasteiger partial charge in [-0.25, -0.2) is 9.59 Å². The summed E-state index contributed by atoms with van der Waals surface area (Å²) in [6.45, 7) is 1.70. The van der Waals surface area contributed by atoms with E-state index in [0.29, 0.717) is 17.0 Å². The van der Waals surface area contributed by atoms with Gasteiger partial charge >= 0.3 is 5.97 Å². The van der Waals surface area contributed by atoms with E-state index in [1.165, 1.54) is 19.3 Å². The highest BCUT2D eigenvalue weighted by molar-refractivity contribution is 6.21. The van der Waals surface area contributed by atoms with Gasteiger partial charge in [-0.1, -0.05) is 0 Å². The van der Waals surface area contributed by atoms with Crippen LogP contribution in [0.3, 0.4) is 0 Å². The van der Waals surface area contributed by atoms with E-state index >= 15 is 0 Å². The number of hydrogen-bond donors (Lipinski definition) is 0. The fourth-order valence-electron chi connectivity index (χ4n) is 1.06. The van der Waals surface area contributed by atoms with Gasteiger partial charge in [-0.05, 0) is 19.1 Å². The average molecular weight is 191 g/mol. The molecule has 1 heterocycles. The number of carbonyl (C=O) groups is 1. The van der Waals surface area contributed by atoms with E-state index in [-0.39, 0.29) is 0 Å². The molecule has 0 saturated carbocycles. The fourth-order valence-corrected chi connectivity index (χ4v) is 1.06. The molecule has 0 N–H and O–H groups in total. The normalized spacial score (nSPS) is 17.1. The predicted octanol–water partition coefficient (Wildman–Crippen LogP) is 0.832. The maximum absolute atomic E-state index is 11.2. The van der Waals surface area contributed by atoms with Gasteiger partial charge in [0.2, 0.25) is 0 Å². The molecule has 72 valence electrons. The largest absolute Gasteiger partial charge is 0.465 e. The molecule has 0 unspecified atom stereocenters. The molecule has 14 heavy (non-hydrogen) atoms. The van der Waals surface area contributed by atoms with Crippen LogP contribution in [0.2, 0.25) is 0 Å². The second-order valence-corrected chi connectivity index (χ2v) is 2.62. The fraction of sp³-hybridized carbons (Fsp3) is 0.200. The maximum atomic E-state index is 11.2. The minimum absolute atomic E-state index is 0.415. The standard InChI is InChI=1S/C10H9NO3/c1-7-9(10(13)14-2)6-8(11-7)4-3-5-12/h3-4,6H,1-2H3/b8-4-. The van der Waals surface area contributed by atoms with Crippen LogP contribution in [-0.4, -0.2) is 24.7 Å². The zero-order valence-corrected chi connectivity index (χ0v) is 7.90. The lowest BCUT2D eigenvalue weighted by Crippen LogP contribution is -2.09. The third-order valence-corrected chi connectivity index (χ3v) is 1.71. The van der Waals surface area contributed by atoms with Crippen molar-refractivity contribution in [2.75, 3.05) is 7.11 Å². The van der Waals surface area contributed by atoms with Crippen molar-refractivity contribution in [1.82, 2.24) is 0 Å². The van der Waals surface area contributed by atoms with Gasteiger partial charge in [0.1, 0.15) is 5.94 Å². The molecule has 0 aromatic heterocycles. The van der Waals surface area contributed by atoms with Gasteiger partial charge in [-0.15, -0.1) is 0 Å². The Morgan fingerprint density at radius 2 is 2.36 bits per heavy atom. The van der Waals surface area contributed by atoms with Gasteiger partial charge in [-0.2, -0.15) is 0 Å². The van der Waals surface area contributed by atoms with Crippen LogP contribution in [0.15, 0.2) is 34.5 Å². The lowest BCUT2D eigenvalue weighted by molar-refractivity contribution is -0.135. The molecule has 0 atom stereocenters. The molecule has 0 aromatic carbocycles. The predicted molar refractivity (Wildman–Crippen MR) is 51.6 cm³/mol. The molecule has 1 rings (SSSR count). The van der Waals surface area contributed by atoms with Gasteiger partial charge in [-0.3, -0.25) is 4.99 Å². The quantitative estimate of drug-likeness (QED) is 0.480. The van der Waals surface area contributed by atoms with Crippen molar-refractivity contribution in [1.29, 1.82) is 0 Å². The highest BCUT2D eigenvalue weighted by Gasteiger charge is 2.18. The van der Waals surface area contributed by atoms with Gasteiger partial charge in [0.25, 0.3) is 0 Å². The van der Waals surface area contributed by atoms with E-state index in [4.69, 9.17) is 0 Å². The first kappa shape index (κ1) is 10.2. The van der Waals surface area contributed by atoms with E-state index in [1.807, 2.05) is 0 Å². The molecule has 0 spiro atoms. The molecule has 0 radical (unpaired) electrons. The third-order valence-electron chi connectivity index (χ3n) is 1.71. The molecule has 4 heteroatoms. The van der Waals surface area contributed by atoms with Crippen molar-refractivity contribution >= 4 is 17.6 Å². The van der Waals surface area contributed by atoms with Crippen molar-refractivity contribution in [2.45, 2.75) is 6.92 Å². The van der Waals surface area contributed by atoms with E-state index in [1.54, 1.807) is 18.9 Å². The molecular weight excluding hydrogens is 182 g/mol. The van der Waals surface area contributed by atoms with Gasteiger partial charge in [0, 0.05) is 6.08 Å². The number of ether oxygens (including phenoxy) is 1. The number of allylic oxidation sites excluding steroid dienone is 3. The number of aliphatic imine (C=N–C) groups is 1. The second-order valence-electron chi connectivity index (χ2n) is 2.62. The van der Waals surface area contributed by atoms with Crippen LogP contribution in [0.4, 0.5) is 0 Å². The van der Waals surface area contributed by atoms with Gasteiger partial charge in [0.05, 0.1) is 24.1 Å².